The molecule has 0 spiro atoms. The van der Waals surface area contributed by atoms with E-state index in [1.165, 1.54) is 17.7 Å². The Morgan fingerprint density at radius 1 is 1.44 bits per heavy atom. The van der Waals surface area contributed by atoms with Crippen molar-refractivity contribution in [3.8, 4) is 0 Å². The average Bonchev–Trinajstić information content (AvgIpc) is 3.11. The minimum absolute atomic E-state index is 0.218. The largest absolute Gasteiger partial charge is 0.381 e. The highest BCUT2D eigenvalue weighted by atomic mass is 32.1. The second kappa shape index (κ2) is 6.61. The van der Waals surface area contributed by atoms with E-state index in [2.05, 4.69) is 17.2 Å². The average molecular weight is 270 g/mol. The molecular formula is C13H22N2O2S. The summed E-state index contributed by atoms with van der Waals surface area (Å²) >= 11 is 1.78. The lowest BCUT2D eigenvalue weighted by molar-refractivity contribution is 0.118. The van der Waals surface area contributed by atoms with Crippen LogP contribution in [0.25, 0.3) is 0 Å². The van der Waals surface area contributed by atoms with Gasteiger partial charge < -0.3 is 14.8 Å². The van der Waals surface area contributed by atoms with E-state index in [1.807, 2.05) is 0 Å². The number of ether oxygens (including phenoxy) is 2. The molecule has 1 atom stereocenters. The second-order valence-corrected chi connectivity index (χ2v) is 5.98. The van der Waals surface area contributed by atoms with E-state index in [0.717, 1.165) is 29.7 Å². The van der Waals surface area contributed by atoms with Gasteiger partial charge in [-0.15, -0.1) is 11.3 Å². The summed E-state index contributed by atoms with van der Waals surface area (Å²) in [6, 6.07) is 0.726. The van der Waals surface area contributed by atoms with Gasteiger partial charge in [0, 0.05) is 38.1 Å². The van der Waals surface area contributed by atoms with Crippen LogP contribution < -0.4 is 5.32 Å². The van der Waals surface area contributed by atoms with Gasteiger partial charge in [-0.1, -0.05) is 0 Å². The molecule has 0 amide bonds. The fraction of sp³-hybridized carbons (Fsp3) is 0.769. The Morgan fingerprint density at radius 3 is 2.83 bits per heavy atom. The minimum Gasteiger partial charge on any atom is -0.381 e. The molecule has 5 heteroatoms. The number of rotatable bonds is 8. The van der Waals surface area contributed by atoms with Gasteiger partial charge in [-0.25, -0.2) is 4.98 Å². The highest BCUT2D eigenvalue weighted by Crippen LogP contribution is 2.24. The van der Waals surface area contributed by atoms with Crippen molar-refractivity contribution < 1.29 is 9.47 Å². The Kier molecular flexibility index (Phi) is 5.12. The molecule has 2 rings (SSSR count). The first-order valence-corrected chi connectivity index (χ1v) is 7.27. The number of hydrogen-bond acceptors (Lipinski definition) is 5. The Balaban J connectivity index is 1.99. The molecule has 4 nitrogen and oxygen atoms in total. The molecule has 0 saturated heterocycles. The molecular weight excluding hydrogens is 248 g/mol. The fourth-order valence-electron chi connectivity index (χ4n) is 1.77. The van der Waals surface area contributed by atoms with Gasteiger partial charge in [0.15, 0.2) is 0 Å². The molecule has 1 unspecified atom stereocenters. The Morgan fingerprint density at radius 2 is 2.22 bits per heavy atom. The fourth-order valence-corrected chi connectivity index (χ4v) is 2.90. The van der Waals surface area contributed by atoms with Crippen molar-refractivity contribution >= 4 is 11.3 Å². The molecule has 1 fully saturated rings. The van der Waals surface area contributed by atoms with Crippen molar-refractivity contribution in [2.24, 2.45) is 0 Å². The lowest BCUT2D eigenvalue weighted by atomic mass is 10.3. The Bertz CT molecular complexity index is 377. The third-order valence-corrected chi connectivity index (χ3v) is 4.22. The van der Waals surface area contributed by atoms with Crippen LogP contribution >= 0.6 is 11.3 Å². The maximum absolute atomic E-state index is 5.29. The second-order valence-electron chi connectivity index (χ2n) is 4.82. The smallest absolute Gasteiger partial charge is 0.0958 e. The van der Waals surface area contributed by atoms with Gasteiger partial charge >= 0.3 is 0 Å². The van der Waals surface area contributed by atoms with Crippen molar-refractivity contribution in [2.75, 3.05) is 14.2 Å². The van der Waals surface area contributed by atoms with Gasteiger partial charge in [-0.05, 0) is 19.8 Å². The third kappa shape index (κ3) is 4.02. The number of nitrogens with zero attached hydrogens (tertiary/aromatic N) is 1. The SMILES string of the molecule is COCc1nc(CC(C)OC)sc1CNC1CC1. The number of thiazole rings is 1. The van der Waals surface area contributed by atoms with Crippen molar-refractivity contribution in [3.05, 3.63) is 15.6 Å². The van der Waals surface area contributed by atoms with Crippen LogP contribution in [0.1, 0.15) is 35.3 Å². The number of hydrogen-bond donors (Lipinski definition) is 1. The summed E-state index contributed by atoms with van der Waals surface area (Å²) in [4.78, 5) is 5.97. The number of nitrogens with one attached hydrogen (secondary N) is 1. The molecule has 18 heavy (non-hydrogen) atoms. The van der Waals surface area contributed by atoms with Gasteiger partial charge in [0.2, 0.25) is 0 Å². The summed E-state index contributed by atoms with van der Waals surface area (Å²) in [6.45, 7) is 3.58. The van der Waals surface area contributed by atoms with Crippen LogP contribution in [0.3, 0.4) is 0 Å². The van der Waals surface area contributed by atoms with Crippen LogP contribution in [-0.4, -0.2) is 31.3 Å². The molecule has 102 valence electrons. The minimum atomic E-state index is 0.218. The summed E-state index contributed by atoms with van der Waals surface area (Å²) in [5, 5.41) is 4.68. The van der Waals surface area contributed by atoms with Crippen molar-refractivity contribution in [3.63, 3.8) is 0 Å². The van der Waals surface area contributed by atoms with E-state index in [-0.39, 0.29) is 6.10 Å². The first-order chi connectivity index (χ1) is 8.72. The highest BCUT2D eigenvalue weighted by molar-refractivity contribution is 7.11. The zero-order valence-corrected chi connectivity index (χ0v) is 12.2. The quantitative estimate of drug-likeness (QED) is 0.786. The van der Waals surface area contributed by atoms with E-state index in [1.54, 1.807) is 25.6 Å². The molecule has 1 aromatic rings. The zero-order chi connectivity index (χ0) is 13.0. The summed E-state index contributed by atoms with van der Waals surface area (Å²) in [5.74, 6) is 0. The molecule has 1 saturated carbocycles. The molecule has 1 aliphatic rings. The van der Waals surface area contributed by atoms with Crippen LogP contribution in [0.5, 0.6) is 0 Å². The van der Waals surface area contributed by atoms with Crippen molar-refractivity contribution in [2.45, 2.75) is 51.5 Å². The first kappa shape index (κ1) is 13.9. The topological polar surface area (TPSA) is 43.4 Å². The van der Waals surface area contributed by atoms with Gasteiger partial charge in [-0.3, -0.25) is 0 Å². The molecule has 1 heterocycles. The number of methoxy groups -OCH3 is 2. The van der Waals surface area contributed by atoms with E-state index >= 15 is 0 Å². The molecule has 1 N–H and O–H groups in total. The van der Waals surface area contributed by atoms with E-state index in [9.17, 15) is 0 Å². The molecule has 1 aromatic heterocycles. The first-order valence-electron chi connectivity index (χ1n) is 6.45. The normalized spacial score (nSPS) is 17.1. The zero-order valence-electron chi connectivity index (χ0n) is 11.4. The Labute approximate surface area is 113 Å². The van der Waals surface area contributed by atoms with Crippen LogP contribution in [-0.2, 0) is 29.0 Å². The van der Waals surface area contributed by atoms with E-state index < -0.39 is 0 Å². The van der Waals surface area contributed by atoms with Gasteiger partial charge in [-0.2, -0.15) is 0 Å². The monoisotopic (exact) mass is 270 g/mol. The van der Waals surface area contributed by atoms with Crippen LogP contribution in [0.15, 0.2) is 0 Å². The van der Waals surface area contributed by atoms with Gasteiger partial charge in [0.1, 0.15) is 0 Å². The Hall–Kier alpha value is -0.490. The predicted molar refractivity (Wildman–Crippen MR) is 72.9 cm³/mol. The van der Waals surface area contributed by atoms with Gasteiger partial charge in [0.05, 0.1) is 23.4 Å². The van der Waals surface area contributed by atoms with Gasteiger partial charge in [0.25, 0.3) is 0 Å². The molecule has 1 aliphatic carbocycles. The molecule has 0 aliphatic heterocycles. The van der Waals surface area contributed by atoms with E-state index in [4.69, 9.17) is 9.47 Å². The van der Waals surface area contributed by atoms with E-state index in [0.29, 0.717) is 6.61 Å². The lowest BCUT2D eigenvalue weighted by Crippen LogP contribution is -2.15. The maximum atomic E-state index is 5.29. The standard InChI is InChI=1S/C13H22N2O2S/c1-9(17-3)6-13-15-11(8-16-2)12(18-13)7-14-10-4-5-10/h9-10,14H,4-8H2,1-3H3. The summed E-state index contributed by atoms with van der Waals surface area (Å²) in [7, 11) is 3.46. The van der Waals surface area contributed by atoms with Crippen molar-refractivity contribution in [1.29, 1.82) is 0 Å². The predicted octanol–water partition coefficient (Wildman–Crippen LogP) is 2.12. The van der Waals surface area contributed by atoms with Crippen LogP contribution in [0, 0.1) is 0 Å². The maximum Gasteiger partial charge on any atom is 0.0958 e. The molecule has 0 radical (unpaired) electrons. The molecule has 0 aromatic carbocycles. The summed E-state index contributed by atoms with van der Waals surface area (Å²) in [6.07, 6.45) is 3.72. The summed E-state index contributed by atoms with van der Waals surface area (Å²) in [5.41, 5.74) is 1.08. The van der Waals surface area contributed by atoms with Crippen LogP contribution in [0.2, 0.25) is 0 Å². The van der Waals surface area contributed by atoms with Crippen molar-refractivity contribution in [1.82, 2.24) is 10.3 Å². The van der Waals surface area contributed by atoms with Crippen LogP contribution in [0.4, 0.5) is 0 Å². The highest BCUT2D eigenvalue weighted by Gasteiger charge is 2.21. The third-order valence-electron chi connectivity index (χ3n) is 3.10. The molecule has 0 bridgehead atoms. The lowest BCUT2D eigenvalue weighted by Gasteiger charge is -2.05. The summed E-state index contributed by atoms with van der Waals surface area (Å²) < 4.78 is 10.5. The number of aromatic nitrogens is 1.